The quantitative estimate of drug-likeness (QED) is 0.815. The number of esters is 2. The van der Waals surface area contributed by atoms with Gasteiger partial charge in [0.1, 0.15) is 5.70 Å². The van der Waals surface area contributed by atoms with Crippen molar-refractivity contribution in [1.82, 2.24) is 0 Å². The third-order valence-corrected chi connectivity index (χ3v) is 4.38. The van der Waals surface area contributed by atoms with Crippen molar-refractivity contribution in [3.05, 3.63) is 75.4 Å². The smallest absolute Gasteiger partial charge is 0.355 e. The highest BCUT2D eigenvalue weighted by atomic mass is 35.5. The first kappa shape index (κ1) is 18.0. The molecule has 0 bridgehead atoms. The normalized spacial score (nSPS) is 16.5. The first-order chi connectivity index (χ1) is 12.3. The highest BCUT2D eigenvalue weighted by Gasteiger charge is 2.36. The molecule has 1 N–H and O–H groups in total. The van der Waals surface area contributed by atoms with Gasteiger partial charge in [0.2, 0.25) is 0 Å². The minimum Gasteiger partial charge on any atom is -0.415 e. The van der Waals surface area contributed by atoms with Gasteiger partial charge in [-0.25, -0.2) is 9.59 Å². The topological polar surface area (TPSA) is 64.6 Å². The fraction of sp³-hybridized carbons (Fsp3) is 0.200. The average molecular weight is 372 g/mol. The Morgan fingerprint density at radius 1 is 1.08 bits per heavy atom. The summed E-state index contributed by atoms with van der Waals surface area (Å²) in [5, 5.41) is 2.92. The molecule has 1 aliphatic heterocycles. The van der Waals surface area contributed by atoms with Gasteiger partial charge in [-0.3, -0.25) is 0 Å². The molecule has 2 aromatic carbocycles. The molecule has 0 spiro atoms. The van der Waals surface area contributed by atoms with E-state index in [1.54, 1.807) is 24.3 Å². The molecular weight excluding hydrogens is 354 g/mol. The van der Waals surface area contributed by atoms with E-state index in [0.717, 1.165) is 22.4 Å². The van der Waals surface area contributed by atoms with Crippen molar-refractivity contribution in [1.29, 1.82) is 0 Å². The van der Waals surface area contributed by atoms with Crippen LogP contribution < -0.4 is 5.32 Å². The lowest BCUT2D eigenvalue weighted by molar-refractivity contribution is -0.152. The summed E-state index contributed by atoms with van der Waals surface area (Å²) in [5.74, 6) is -1.34. The number of nitrogens with one attached hydrogen (secondary N) is 1. The molecular formula is C20H18ClNO4. The highest BCUT2D eigenvalue weighted by Crippen LogP contribution is 2.30. The van der Waals surface area contributed by atoms with E-state index in [0.29, 0.717) is 5.56 Å². The molecule has 2 aromatic rings. The van der Waals surface area contributed by atoms with E-state index >= 15 is 0 Å². The first-order valence-corrected chi connectivity index (χ1v) is 8.45. The maximum Gasteiger partial charge on any atom is 0.355 e. The number of hydrogen-bond donors (Lipinski definition) is 1. The van der Waals surface area contributed by atoms with Crippen molar-refractivity contribution < 1.29 is 19.1 Å². The third-order valence-electron chi connectivity index (χ3n) is 4.02. The summed E-state index contributed by atoms with van der Waals surface area (Å²) >= 11 is 6.06. The molecule has 5 nitrogen and oxygen atoms in total. The van der Waals surface area contributed by atoms with Gasteiger partial charge in [-0.05, 0) is 44.5 Å². The van der Waals surface area contributed by atoms with Crippen LogP contribution in [0.3, 0.4) is 0 Å². The van der Waals surface area contributed by atoms with Crippen LogP contribution >= 0.6 is 11.6 Å². The molecule has 6 heteroatoms. The van der Waals surface area contributed by atoms with Gasteiger partial charge in [0.25, 0.3) is 6.29 Å². The van der Waals surface area contributed by atoms with E-state index in [4.69, 9.17) is 21.1 Å². The summed E-state index contributed by atoms with van der Waals surface area (Å²) < 4.78 is 10.4. The van der Waals surface area contributed by atoms with Crippen LogP contribution in [0.15, 0.2) is 53.2 Å². The maximum atomic E-state index is 12.3. The van der Waals surface area contributed by atoms with Crippen molar-refractivity contribution in [2.45, 2.75) is 27.1 Å². The van der Waals surface area contributed by atoms with Crippen LogP contribution in [0.5, 0.6) is 0 Å². The second-order valence-corrected chi connectivity index (χ2v) is 6.56. The fourth-order valence-electron chi connectivity index (χ4n) is 2.57. The van der Waals surface area contributed by atoms with Gasteiger partial charge < -0.3 is 14.8 Å². The predicted octanol–water partition coefficient (Wildman–Crippen LogP) is 4.21. The lowest BCUT2D eigenvalue weighted by Gasteiger charge is -2.17. The summed E-state index contributed by atoms with van der Waals surface area (Å²) in [5.41, 5.74) is 4.41. The zero-order valence-electron chi connectivity index (χ0n) is 14.6. The Balaban J connectivity index is 1.81. The first-order valence-electron chi connectivity index (χ1n) is 8.07. The van der Waals surface area contributed by atoms with Gasteiger partial charge in [0.15, 0.2) is 5.03 Å². The maximum absolute atomic E-state index is 12.3. The Kier molecular flexibility index (Phi) is 5.00. The Bertz CT molecular complexity index is 903. The number of hydrogen-bond acceptors (Lipinski definition) is 5. The molecule has 1 heterocycles. The van der Waals surface area contributed by atoms with Crippen LogP contribution in [0.4, 0.5) is 5.69 Å². The molecule has 0 saturated carbocycles. The summed E-state index contributed by atoms with van der Waals surface area (Å²) in [6.07, 6.45) is -1.22. The Morgan fingerprint density at radius 3 is 2.38 bits per heavy atom. The number of benzene rings is 2. The van der Waals surface area contributed by atoms with Crippen LogP contribution in [0, 0.1) is 20.8 Å². The van der Waals surface area contributed by atoms with Gasteiger partial charge >= 0.3 is 11.9 Å². The van der Waals surface area contributed by atoms with Gasteiger partial charge in [0, 0.05) is 5.69 Å². The number of carbonyl (C=O) groups excluding carboxylic acids is 2. The SMILES string of the molecule is Cc1ccc(C(=O)OC2OC(=O)C(Cl)=C2Nc2ccc(C)cc2C)cc1. The van der Waals surface area contributed by atoms with Crippen molar-refractivity contribution in [2.24, 2.45) is 0 Å². The number of anilines is 1. The molecule has 1 unspecified atom stereocenters. The average Bonchev–Trinajstić information content (AvgIpc) is 2.85. The van der Waals surface area contributed by atoms with E-state index < -0.39 is 18.2 Å². The van der Waals surface area contributed by atoms with Crippen LogP contribution in [0.2, 0.25) is 0 Å². The van der Waals surface area contributed by atoms with E-state index in [9.17, 15) is 9.59 Å². The van der Waals surface area contributed by atoms with Gasteiger partial charge in [-0.1, -0.05) is 47.0 Å². The summed E-state index contributed by atoms with van der Waals surface area (Å²) in [4.78, 5) is 24.2. The number of halogens is 1. The van der Waals surface area contributed by atoms with Crippen molar-refractivity contribution in [3.63, 3.8) is 0 Å². The molecule has 3 rings (SSSR count). The summed E-state index contributed by atoms with van der Waals surface area (Å²) in [6.45, 7) is 5.83. The highest BCUT2D eigenvalue weighted by molar-refractivity contribution is 6.42. The van der Waals surface area contributed by atoms with Crippen molar-refractivity contribution >= 4 is 29.2 Å². The van der Waals surface area contributed by atoms with Crippen LogP contribution in [0.1, 0.15) is 27.0 Å². The van der Waals surface area contributed by atoms with Gasteiger partial charge in [-0.2, -0.15) is 0 Å². The predicted molar refractivity (Wildman–Crippen MR) is 98.9 cm³/mol. The van der Waals surface area contributed by atoms with E-state index in [2.05, 4.69) is 5.32 Å². The molecule has 0 amide bonds. The van der Waals surface area contributed by atoms with E-state index in [1.807, 2.05) is 39.0 Å². The van der Waals surface area contributed by atoms with Crippen LogP contribution in [-0.2, 0) is 14.3 Å². The molecule has 134 valence electrons. The molecule has 0 aromatic heterocycles. The van der Waals surface area contributed by atoms with Crippen LogP contribution in [0.25, 0.3) is 0 Å². The number of carbonyl (C=O) groups is 2. The van der Waals surface area contributed by atoms with Crippen molar-refractivity contribution in [3.8, 4) is 0 Å². The van der Waals surface area contributed by atoms with E-state index in [-0.39, 0.29) is 10.7 Å². The Morgan fingerprint density at radius 2 is 1.73 bits per heavy atom. The Labute approximate surface area is 156 Å². The summed E-state index contributed by atoms with van der Waals surface area (Å²) in [6, 6.07) is 12.7. The lowest BCUT2D eigenvalue weighted by atomic mass is 10.1. The standard InChI is InChI=1S/C20H18ClNO4/c1-11-4-7-14(8-5-11)18(23)25-20-17(16(21)19(24)26-20)22-15-9-6-12(2)10-13(15)3/h4-10,20,22H,1-3H3. The molecule has 0 saturated heterocycles. The van der Waals surface area contributed by atoms with Crippen LogP contribution in [-0.4, -0.2) is 18.2 Å². The Hall–Kier alpha value is -2.79. The largest absolute Gasteiger partial charge is 0.415 e. The molecule has 0 aliphatic carbocycles. The second-order valence-electron chi connectivity index (χ2n) is 6.18. The molecule has 0 fully saturated rings. The number of aryl methyl sites for hydroxylation is 3. The molecule has 1 aliphatic rings. The molecule has 26 heavy (non-hydrogen) atoms. The molecule has 1 atom stereocenters. The molecule has 0 radical (unpaired) electrons. The van der Waals surface area contributed by atoms with Crippen molar-refractivity contribution in [2.75, 3.05) is 5.32 Å². The zero-order valence-corrected chi connectivity index (χ0v) is 15.4. The zero-order chi connectivity index (χ0) is 18.8. The van der Waals surface area contributed by atoms with E-state index in [1.165, 1.54) is 0 Å². The summed E-state index contributed by atoms with van der Waals surface area (Å²) in [7, 11) is 0. The minimum atomic E-state index is -1.22. The number of ether oxygens (including phenoxy) is 2. The van der Waals surface area contributed by atoms with Gasteiger partial charge in [0.05, 0.1) is 5.56 Å². The number of rotatable bonds is 4. The van der Waals surface area contributed by atoms with Gasteiger partial charge in [-0.15, -0.1) is 0 Å². The monoisotopic (exact) mass is 371 g/mol. The minimum absolute atomic E-state index is 0.133. The second kappa shape index (κ2) is 7.22. The third kappa shape index (κ3) is 3.73. The number of cyclic esters (lactones) is 1. The lowest BCUT2D eigenvalue weighted by Crippen LogP contribution is -2.24. The fourth-order valence-corrected chi connectivity index (χ4v) is 2.75.